The monoisotopic (exact) mass is 268 g/mol. The van der Waals surface area contributed by atoms with E-state index in [0.717, 1.165) is 39.1 Å². The summed E-state index contributed by atoms with van der Waals surface area (Å²) in [4.78, 5) is 13.9. The van der Waals surface area contributed by atoms with Gasteiger partial charge in [0.15, 0.2) is 0 Å². The summed E-state index contributed by atoms with van der Waals surface area (Å²) in [5.74, 6) is 0.592. The highest BCUT2D eigenvalue weighted by molar-refractivity contribution is 5.76. The average Bonchev–Trinajstić information content (AvgIpc) is 3.00. The Kier molecular flexibility index (Phi) is 4.67. The fourth-order valence-electron chi connectivity index (χ4n) is 2.14. The zero-order valence-corrected chi connectivity index (χ0v) is 11.2. The number of tetrazole rings is 1. The number of nitrogen functional groups attached to an aromatic ring is 1. The second-order valence-electron chi connectivity index (χ2n) is 4.76. The molecule has 0 aromatic carbocycles. The van der Waals surface area contributed by atoms with Crippen molar-refractivity contribution in [2.24, 2.45) is 5.92 Å². The van der Waals surface area contributed by atoms with E-state index in [1.54, 1.807) is 0 Å². The third-order valence-corrected chi connectivity index (χ3v) is 3.19. The second kappa shape index (κ2) is 6.46. The van der Waals surface area contributed by atoms with E-state index in [2.05, 4.69) is 22.4 Å². The van der Waals surface area contributed by atoms with Gasteiger partial charge in [-0.15, -0.1) is 0 Å². The van der Waals surface area contributed by atoms with Gasteiger partial charge in [-0.25, -0.2) is 4.68 Å². The summed E-state index contributed by atoms with van der Waals surface area (Å²) in [6.45, 7) is 5.20. The van der Waals surface area contributed by atoms with Gasteiger partial charge in [0.05, 0.1) is 6.61 Å². The fourth-order valence-corrected chi connectivity index (χ4v) is 2.14. The topological polar surface area (TPSA) is 99.2 Å². The Morgan fingerprint density at radius 3 is 3.11 bits per heavy atom. The minimum Gasteiger partial charge on any atom is -0.381 e. The highest BCUT2D eigenvalue weighted by Crippen LogP contribution is 2.17. The molecule has 19 heavy (non-hydrogen) atoms. The molecule has 8 heteroatoms. The molecule has 0 spiro atoms. The molecule has 0 radical (unpaired) electrons. The molecule has 1 aliphatic rings. The van der Waals surface area contributed by atoms with Crippen molar-refractivity contribution in [2.75, 3.05) is 32.0 Å². The van der Waals surface area contributed by atoms with Crippen LogP contribution in [-0.2, 0) is 16.1 Å². The summed E-state index contributed by atoms with van der Waals surface area (Å²) >= 11 is 0. The Bertz CT molecular complexity index is 421. The quantitative estimate of drug-likeness (QED) is 0.700. The first-order valence-electron chi connectivity index (χ1n) is 6.58. The number of nitrogens with zero attached hydrogens (tertiary/aromatic N) is 5. The molecule has 2 rings (SSSR count). The van der Waals surface area contributed by atoms with Gasteiger partial charge in [0.2, 0.25) is 11.9 Å². The van der Waals surface area contributed by atoms with E-state index in [1.807, 2.05) is 4.90 Å². The summed E-state index contributed by atoms with van der Waals surface area (Å²) in [5, 5.41) is 10.6. The van der Waals surface area contributed by atoms with Crippen LogP contribution in [-0.4, -0.2) is 57.3 Å². The molecule has 2 N–H and O–H groups in total. The van der Waals surface area contributed by atoms with Crippen LogP contribution < -0.4 is 5.73 Å². The van der Waals surface area contributed by atoms with Crippen molar-refractivity contribution >= 4 is 11.9 Å². The van der Waals surface area contributed by atoms with Gasteiger partial charge in [-0.05, 0) is 23.3 Å². The van der Waals surface area contributed by atoms with Gasteiger partial charge in [-0.1, -0.05) is 12.0 Å². The van der Waals surface area contributed by atoms with Crippen LogP contribution in [0.3, 0.4) is 0 Å². The molecule has 1 aromatic heterocycles. The van der Waals surface area contributed by atoms with Gasteiger partial charge in [0.1, 0.15) is 6.54 Å². The van der Waals surface area contributed by atoms with Crippen LogP contribution in [0.5, 0.6) is 0 Å². The standard InChI is InChI=1S/C11H20N6O2/c1-2-5-19-8-9-3-4-16(6-9)10(18)7-17-11(12)13-14-15-17/h9H,2-8H2,1H3,(H2,12,13,15)/t9-/m1/s1. The van der Waals surface area contributed by atoms with Gasteiger partial charge < -0.3 is 15.4 Å². The van der Waals surface area contributed by atoms with Gasteiger partial charge in [0.25, 0.3) is 0 Å². The zero-order chi connectivity index (χ0) is 13.7. The molecule has 1 fully saturated rings. The van der Waals surface area contributed by atoms with Crippen LogP contribution in [0.1, 0.15) is 19.8 Å². The number of amides is 1. The van der Waals surface area contributed by atoms with Gasteiger partial charge in [0, 0.05) is 25.6 Å². The van der Waals surface area contributed by atoms with Crippen molar-refractivity contribution in [1.29, 1.82) is 0 Å². The van der Waals surface area contributed by atoms with Gasteiger partial charge in [-0.3, -0.25) is 4.79 Å². The van der Waals surface area contributed by atoms with E-state index in [-0.39, 0.29) is 18.4 Å². The summed E-state index contributed by atoms with van der Waals surface area (Å²) in [7, 11) is 0. The molecular formula is C11H20N6O2. The lowest BCUT2D eigenvalue weighted by atomic mass is 10.1. The minimum atomic E-state index is -0.00279. The molecule has 2 heterocycles. The van der Waals surface area contributed by atoms with Gasteiger partial charge in [-0.2, -0.15) is 0 Å². The van der Waals surface area contributed by atoms with Gasteiger partial charge >= 0.3 is 0 Å². The maximum Gasteiger partial charge on any atom is 0.244 e. The summed E-state index contributed by atoms with van der Waals surface area (Å²) in [5.41, 5.74) is 5.53. The molecule has 0 saturated carbocycles. The van der Waals surface area contributed by atoms with E-state index in [0.29, 0.717) is 5.92 Å². The minimum absolute atomic E-state index is 0.00279. The number of hydrogen-bond acceptors (Lipinski definition) is 6. The highest BCUT2D eigenvalue weighted by Gasteiger charge is 2.26. The number of carbonyl (C=O) groups excluding carboxylic acids is 1. The first-order valence-corrected chi connectivity index (χ1v) is 6.58. The zero-order valence-electron chi connectivity index (χ0n) is 11.2. The first kappa shape index (κ1) is 13.7. The number of aromatic nitrogens is 4. The maximum atomic E-state index is 12.1. The van der Waals surface area contributed by atoms with Crippen molar-refractivity contribution < 1.29 is 9.53 Å². The van der Waals surface area contributed by atoms with Crippen molar-refractivity contribution in [3.05, 3.63) is 0 Å². The fraction of sp³-hybridized carbons (Fsp3) is 0.818. The second-order valence-corrected chi connectivity index (χ2v) is 4.76. The molecule has 8 nitrogen and oxygen atoms in total. The SMILES string of the molecule is CCCOC[C@@H]1CCN(C(=O)Cn2nnnc2N)C1. The van der Waals surface area contributed by atoms with E-state index < -0.39 is 0 Å². The summed E-state index contributed by atoms with van der Waals surface area (Å²) in [6.07, 6.45) is 2.01. The first-order chi connectivity index (χ1) is 9.20. The van der Waals surface area contributed by atoms with Crippen LogP contribution in [0.2, 0.25) is 0 Å². The predicted octanol–water partition coefficient (Wildman–Crippen LogP) is -0.470. The summed E-state index contributed by atoms with van der Waals surface area (Å²) < 4.78 is 6.83. The molecule has 0 unspecified atom stereocenters. The summed E-state index contributed by atoms with van der Waals surface area (Å²) in [6, 6.07) is 0. The van der Waals surface area contributed by atoms with Crippen LogP contribution in [0.4, 0.5) is 5.95 Å². The van der Waals surface area contributed by atoms with Crippen LogP contribution in [0.25, 0.3) is 0 Å². The van der Waals surface area contributed by atoms with Crippen molar-refractivity contribution in [2.45, 2.75) is 26.3 Å². The third kappa shape index (κ3) is 3.63. The van der Waals surface area contributed by atoms with Crippen LogP contribution >= 0.6 is 0 Å². The third-order valence-electron chi connectivity index (χ3n) is 3.19. The van der Waals surface area contributed by atoms with E-state index in [9.17, 15) is 4.79 Å². The lowest BCUT2D eigenvalue weighted by molar-refractivity contribution is -0.131. The number of likely N-dealkylation sites (tertiary alicyclic amines) is 1. The van der Waals surface area contributed by atoms with Crippen molar-refractivity contribution in [3.8, 4) is 0 Å². The Hall–Kier alpha value is -1.70. The normalized spacial score (nSPS) is 19.0. The van der Waals surface area contributed by atoms with E-state index >= 15 is 0 Å². The Balaban J connectivity index is 1.77. The largest absolute Gasteiger partial charge is 0.381 e. The Morgan fingerprint density at radius 2 is 2.42 bits per heavy atom. The molecule has 106 valence electrons. The lowest BCUT2D eigenvalue weighted by Gasteiger charge is -2.16. The number of ether oxygens (including phenoxy) is 1. The molecular weight excluding hydrogens is 248 g/mol. The maximum absolute atomic E-state index is 12.1. The molecule has 1 saturated heterocycles. The molecule has 1 aliphatic heterocycles. The van der Waals surface area contributed by atoms with Crippen LogP contribution in [0.15, 0.2) is 0 Å². The smallest absolute Gasteiger partial charge is 0.244 e. The number of anilines is 1. The number of carbonyl (C=O) groups is 1. The molecule has 0 aliphatic carbocycles. The molecule has 1 aromatic rings. The number of hydrogen-bond donors (Lipinski definition) is 1. The Labute approximate surface area is 111 Å². The average molecular weight is 268 g/mol. The van der Waals surface area contributed by atoms with E-state index in [1.165, 1.54) is 4.68 Å². The van der Waals surface area contributed by atoms with Crippen molar-refractivity contribution in [1.82, 2.24) is 25.1 Å². The Morgan fingerprint density at radius 1 is 1.58 bits per heavy atom. The molecule has 0 bridgehead atoms. The van der Waals surface area contributed by atoms with E-state index in [4.69, 9.17) is 10.5 Å². The molecule has 1 atom stereocenters. The predicted molar refractivity (Wildman–Crippen MR) is 68.0 cm³/mol. The van der Waals surface area contributed by atoms with Crippen LogP contribution in [0, 0.1) is 5.92 Å². The molecule has 1 amide bonds. The highest BCUT2D eigenvalue weighted by atomic mass is 16.5. The number of nitrogens with two attached hydrogens (primary N) is 1. The van der Waals surface area contributed by atoms with Crippen molar-refractivity contribution in [3.63, 3.8) is 0 Å². The number of rotatable bonds is 6. The lowest BCUT2D eigenvalue weighted by Crippen LogP contribution is -2.33.